The van der Waals surface area contributed by atoms with Gasteiger partial charge in [-0.2, -0.15) is 0 Å². The first-order valence-electron chi connectivity index (χ1n) is 13.1. The van der Waals surface area contributed by atoms with Crippen LogP contribution in [0.15, 0.2) is 82.1 Å². The van der Waals surface area contributed by atoms with Gasteiger partial charge in [0.2, 0.25) is 0 Å². The number of carbonyl (C=O) groups is 1. The number of halogens is 2. The van der Waals surface area contributed by atoms with Gasteiger partial charge in [0.25, 0.3) is 5.56 Å². The molecule has 0 bridgehead atoms. The van der Waals surface area contributed by atoms with E-state index in [1.807, 2.05) is 60.7 Å². The summed E-state index contributed by atoms with van der Waals surface area (Å²) in [7, 11) is 1.65. The average molecular weight is 790 g/mol. The summed E-state index contributed by atoms with van der Waals surface area (Å²) in [4.78, 5) is 33.2. The summed E-state index contributed by atoms with van der Waals surface area (Å²) in [5, 5.41) is 0. The molecule has 0 saturated heterocycles. The average Bonchev–Trinajstić information content (AvgIpc) is 3.26. The third kappa shape index (κ3) is 5.94. The molecule has 0 unspecified atom stereocenters. The Balaban J connectivity index is 1.80. The molecule has 0 saturated carbocycles. The lowest BCUT2D eigenvalue weighted by Gasteiger charge is -2.26. The molecule has 41 heavy (non-hydrogen) atoms. The Morgan fingerprint density at radius 1 is 1.07 bits per heavy atom. The highest BCUT2D eigenvalue weighted by Crippen LogP contribution is 2.36. The van der Waals surface area contributed by atoms with Crippen LogP contribution in [0, 0.1) is 7.14 Å². The van der Waals surface area contributed by atoms with Gasteiger partial charge in [0, 0.05) is 5.56 Å². The third-order valence-electron chi connectivity index (χ3n) is 6.82. The molecular formula is C32H28I2N2O4S. The Hall–Kier alpha value is -2.77. The summed E-state index contributed by atoms with van der Waals surface area (Å²) in [5.74, 6) is 0.670. The van der Waals surface area contributed by atoms with Gasteiger partial charge in [0.05, 0.1) is 42.7 Å². The van der Waals surface area contributed by atoms with Crippen molar-refractivity contribution in [1.29, 1.82) is 0 Å². The van der Waals surface area contributed by atoms with Gasteiger partial charge in [-0.3, -0.25) is 9.36 Å². The number of benzene rings is 3. The van der Waals surface area contributed by atoms with Crippen molar-refractivity contribution in [2.45, 2.75) is 32.7 Å². The van der Waals surface area contributed by atoms with E-state index in [-0.39, 0.29) is 12.2 Å². The number of hydrogen-bond donors (Lipinski definition) is 0. The Morgan fingerprint density at radius 2 is 1.73 bits per heavy atom. The van der Waals surface area contributed by atoms with E-state index in [0.29, 0.717) is 26.5 Å². The molecule has 0 aliphatic carbocycles. The van der Waals surface area contributed by atoms with E-state index in [2.05, 4.69) is 71.2 Å². The molecular weight excluding hydrogens is 762 g/mol. The minimum atomic E-state index is -0.694. The Kier molecular flexibility index (Phi) is 9.15. The van der Waals surface area contributed by atoms with Crippen molar-refractivity contribution in [3.8, 4) is 5.75 Å². The standard InChI is InChI=1S/C32H28I2N2O4S/c1-5-40-31(38)26-27(21-9-7-6-8-10-21)35-32-36(28(26)22-13-11-20(12-14-22)18(2)3)30(37)25(41-32)17-19-15-23(33)29(39-4)24(34)16-19/h6-18,28H,5H2,1-4H3/b25-17-/t28-/m1/s1. The van der Waals surface area contributed by atoms with E-state index in [1.54, 1.807) is 18.6 Å². The highest BCUT2D eigenvalue weighted by Gasteiger charge is 2.35. The van der Waals surface area contributed by atoms with Crippen molar-refractivity contribution in [2.75, 3.05) is 13.7 Å². The summed E-state index contributed by atoms with van der Waals surface area (Å²) in [6, 6.07) is 21.0. The summed E-state index contributed by atoms with van der Waals surface area (Å²) >= 11 is 5.79. The van der Waals surface area contributed by atoms with Crippen LogP contribution in [0.3, 0.4) is 0 Å². The first-order valence-corrected chi connectivity index (χ1v) is 16.1. The normalized spacial score (nSPS) is 15.1. The van der Waals surface area contributed by atoms with Gasteiger partial charge in [-0.15, -0.1) is 0 Å². The number of ether oxygens (including phenoxy) is 2. The molecule has 1 aliphatic rings. The van der Waals surface area contributed by atoms with Gasteiger partial charge in [-0.05, 0) is 92.9 Å². The highest BCUT2D eigenvalue weighted by atomic mass is 127. The predicted molar refractivity (Wildman–Crippen MR) is 180 cm³/mol. The van der Waals surface area contributed by atoms with Crippen LogP contribution in [-0.2, 0) is 9.53 Å². The van der Waals surface area contributed by atoms with Crippen LogP contribution in [0.2, 0.25) is 0 Å². The first kappa shape index (κ1) is 29.7. The quantitative estimate of drug-likeness (QED) is 0.164. The third-order valence-corrected chi connectivity index (χ3v) is 9.40. The van der Waals surface area contributed by atoms with Gasteiger partial charge >= 0.3 is 5.97 Å². The van der Waals surface area contributed by atoms with E-state index in [1.165, 1.54) is 16.9 Å². The van der Waals surface area contributed by atoms with Crippen LogP contribution in [-0.4, -0.2) is 24.3 Å². The largest absolute Gasteiger partial charge is 0.495 e. The van der Waals surface area contributed by atoms with Crippen molar-refractivity contribution in [3.05, 3.63) is 121 Å². The summed E-state index contributed by atoms with van der Waals surface area (Å²) in [6.07, 6.45) is 1.88. The zero-order valence-electron chi connectivity index (χ0n) is 23.0. The lowest BCUT2D eigenvalue weighted by Crippen LogP contribution is -2.40. The molecule has 1 atom stereocenters. The number of rotatable bonds is 7. The number of hydrogen-bond acceptors (Lipinski definition) is 6. The number of nitrogens with zero attached hydrogens (tertiary/aromatic N) is 2. The minimum Gasteiger partial charge on any atom is -0.495 e. The number of esters is 1. The maximum absolute atomic E-state index is 14.1. The molecule has 210 valence electrons. The zero-order valence-corrected chi connectivity index (χ0v) is 28.1. The van der Waals surface area contributed by atoms with Gasteiger partial charge in [0.1, 0.15) is 5.75 Å². The molecule has 1 aliphatic heterocycles. The second-order valence-corrected chi connectivity index (χ2v) is 13.1. The van der Waals surface area contributed by atoms with Crippen LogP contribution in [0.25, 0.3) is 11.8 Å². The van der Waals surface area contributed by atoms with Gasteiger partial charge in [0.15, 0.2) is 4.80 Å². The number of methoxy groups -OCH3 is 1. The second kappa shape index (κ2) is 12.6. The SMILES string of the molecule is CCOC(=O)C1=C(c2ccccc2)N=c2s/c(=C\c3cc(I)c(OC)c(I)c3)c(=O)n2[C@@H]1c1ccc(C(C)C)cc1. The molecule has 0 spiro atoms. The van der Waals surface area contributed by atoms with Crippen molar-refractivity contribution in [3.63, 3.8) is 0 Å². The Labute approximate surface area is 269 Å². The fourth-order valence-electron chi connectivity index (χ4n) is 4.83. The summed E-state index contributed by atoms with van der Waals surface area (Å²) in [5.41, 5.74) is 4.33. The maximum atomic E-state index is 14.1. The van der Waals surface area contributed by atoms with Crippen molar-refractivity contribution in [1.82, 2.24) is 4.57 Å². The minimum absolute atomic E-state index is 0.207. The Bertz CT molecular complexity index is 1800. The topological polar surface area (TPSA) is 69.9 Å². The van der Waals surface area contributed by atoms with E-state index in [9.17, 15) is 9.59 Å². The van der Waals surface area contributed by atoms with Crippen LogP contribution in [0.1, 0.15) is 55.0 Å². The molecule has 0 N–H and O–H groups in total. The van der Waals surface area contributed by atoms with E-state index >= 15 is 0 Å². The molecule has 0 amide bonds. The summed E-state index contributed by atoms with van der Waals surface area (Å²) in [6.45, 7) is 6.26. The lowest BCUT2D eigenvalue weighted by atomic mass is 9.91. The number of carbonyl (C=O) groups excluding carboxylic acids is 1. The molecule has 9 heteroatoms. The van der Waals surface area contributed by atoms with Gasteiger partial charge < -0.3 is 9.47 Å². The predicted octanol–water partition coefficient (Wildman–Crippen LogP) is 6.28. The van der Waals surface area contributed by atoms with Crippen LogP contribution in [0.5, 0.6) is 5.75 Å². The second-order valence-electron chi connectivity index (χ2n) is 9.77. The van der Waals surface area contributed by atoms with Crippen molar-refractivity contribution >= 4 is 74.3 Å². The Morgan fingerprint density at radius 3 is 2.32 bits per heavy atom. The molecule has 1 aromatic heterocycles. The number of thiazole rings is 1. The van der Waals surface area contributed by atoms with Gasteiger partial charge in [-0.25, -0.2) is 9.79 Å². The van der Waals surface area contributed by atoms with Crippen molar-refractivity contribution < 1.29 is 14.3 Å². The van der Waals surface area contributed by atoms with Gasteiger partial charge in [-0.1, -0.05) is 79.8 Å². The van der Waals surface area contributed by atoms with E-state index in [0.717, 1.165) is 29.6 Å². The number of aromatic nitrogens is 1. The first-order chi connectivity index (χ1) is 19.7. The van der Waals surface area contributed by atoms with E-state index in [4.69, 9.17) is 14.5 Å². The molecule has 5 rings (SSSR count). The highest BCUT2D eigenvalue weighted by molar-refractivity contribution is 14.1. The lowest BCUT2D eigenvalue weighted by molar-refractivity contribution is -0.138. The molecule has 0 radical (unpaired) electrons. The molecule has 0 fully saturated rings. The zero-order chi connectivity index (χ0) is 29.3. The smallest absolute Gasteiger partial charge is 0.338 e. The van der Waals surface area contributed by atoms with Crippen LogP contribution in [0.4, 0.5) is 0 Å². The van der Waals surface area contributed by atoms with Crippen LogP contribution >= 0.6 is 56.5 Å². The fraction of sp³-hybridized carbons (Fsp3) is 0.219. The fourth-order valence-corrected chi connectivity index (χ4v) is 8.09. The van der Waals surface area contributed by atoms with E-state index < -0.39 is 12.0 Å². The number of fused-ring (bicyclic) bond motifs is 1. The molecule has 6 nitrogen and oxygen atoms in total. The molecule has 3 aromatic carbocycles. The monoisotopic (exact) mass is 790 g/mol. The van der Waals surface area contributed by atoms with Crippen molar-refractivity contribution in [2.24, 2.45) is 4.99 Å². The summed E-state index contributed by atoms with van der Waals surface area (Å²) < 4.78 is 15.1. The molecule has 2 heterocycles. The molecule has 4 aromatic rings. The maximum Gasteiger partial charge on any atom is 0.338 e. The van der Waals surface area contributed by atoms with Crippen LogP contribution < -0.4 is 19.6 Å².